The van der Waals surface area contributed by atoms with Gasteiger partial charge in [-0.15, -0.1) is 0 Å². The van der Waals surface area contributed by atoms with Gasteiger partial charge in [0, 0.05) is 20.7 Å². The van der Waals surface area contributed by atoms with Gasteiger partial charge in [-0.25, -0.2) is 0 Å². The predicted molar refractivity (Wildman–Crippen MR) is 137 cm³/mol. The lowest BCUT2D eigenvalue weighted by Gasteiger charge is -2.51. The van der Waals surface area contributed by atoms with Crippen LogP contribution in [0.25, 0.3) is 0 Å². The Morgan fingerprint density at radius 2 is 1.45 bits per heavy atom. The van der Waals surface area contributed by atoms with Gasteiger partial charge < -0.3 is 0 Å². The van der Waals surface area contributed by atoms with E-state index in [1.54, 1.807) is 0 Å². The molecular weight excluding hydrogens is 409 g/mol. The quantitative estimate of drug-likeness (QED) is 0.491. The molecule has 0 saturated heterocycles. The van der Waals surface area contributed by atoms with Crippen LogP contribution in [0.15, 0.2) is 60.7 Å². The first-order chi connectivity index (χ1) is 13.7. The maximum atomic E-state index is 2.91. The van der Waals surface area contributed by atoms with Gasteiger partial charge in [-0.05, 0) is 63.2 Å². The SMILES string of the molecule is CN(CC1(C)CC(N(C)P(c2ccccc2)c2ccccc2)CC(C)(C)C1)PP. The second-order valence-corrected chi connectivity index (χ2v) is 13.8. The fraction of sp³-hybridized carbons (Fsp3) is 0.500. The summed E-state index contributed by atoms with van der Waals surface area (Å²) >= 11 is 0. The zero-order valence-electron chi connectivity index (χ0n) is 18.6. The highest BCUT2D eigenvalue weighted by Crippen LogP contribution is 2.52. The molecule has 0 N–H and O–H groups in total. The van der Waals surface area contributed by atoms with E-state index in [4.69, 9.17) is 0 Å². The van der Waals surface area contributed by atoms with Crippen LogP contribution in [0.3, 0.4) is 0 Å². The molecule has 1 aliphatic rings. The first kappa shape index (κ1) is 23.3. The van der Waals surface area contributed by atoms with Gasteiger partial charge in [0.25, 0.3) is 0 Å². The number of benzene rings is 2. The van der Waals surface area contributed by atoms with Crippen molar-refractivity contribution in [2.24, 2.45) is 10.8 Å². The molecule has 0 heterocycles. The van der Waals surface area contributed by atoms with Crippen molar-refractivity contribution in [3.63, 3.8) is 0 Å². The topological polar surface area (TPSA) is 6.48 Å². The summed E-state index contributed by atoms with van der Waals surface area (Å²) in [6.45, 7) is 8.64. The Morgan fingerprint density at radius 1 is 0.931 bits per heavy atom. The molecule has 0 aromatic heterocycles. The van der Waals surface area contributed by atoms with E-state index in [-0.39, 0.29) is 0 Å². The predicted octanol–water partition coefficient (Wildman–Crippen LogP) is 5.87. The molecule has 0 spiro atoms. The van der Waals surface area contributed by atoms with Crippen molar-refractivity contribution in [1.29, 1.82) is 0 Å². The highest BCUT2D eigenvalue weighted by atomic mass is 32.0. The van der Waals surface area contributed by atoms with E-state index in [1.807, 2.05) is 0 Å². The second kappa shape index (κ2) is 9.85. The normalized spacial score (nSPS) is 24.8. The zero-order chi connectivity index (χ0) is 21.1. The third-order valence-corrected chi connectivity index (χ3v) is 10.6. The van der Waals surface area contributed by atoms with Crippen LogP contribution in [0.1, 0.15) is 40.0 Å². The van der Waals surface area contributed by atoms with Gasteiger partial charge in [0.15, 0.2) is 0 Å². The summed E-state index contributed by atoms with van der Waals surface area (Å²) in [6.07, 6.45) is 3.84. The lowest BCUT2D eigenvalue weighted by atomic mass is 9.62. The minimum atomic E-state index is -0.524. The van der Waals surface area contributed by atoms with Crippen LogP contribution in [0.5, 0.6) is 0 Å². The average molecular weight is 446 g/mol. The van der Waals surface area contributed by atoms with Gasteiger partial charge in [0.2, 0.25) is 0 Å². The summed E-state index contributed by atoms with van der Waals surface area (Å²) in [5.74, 6) is 0. The third kappa shape index (κ3) is 6.09. The molecule has 0 bridgehead atoms. The van der Waals surface area contributed by atoms with Crippen molar-refractivity contribution < 1.29 is 0 Å². The largest absolute Gasteiger partial charge is 0.284 e. The highest BCUT2D eigenvalue weighted by Gasteiger charge is 2.44. The first-order valence-electron chi connectivity index (χ1n) is 10.5. The maximum absolute atomic E-state index is 2.91. The van der Waals surface area contributed by atoms with E-state index >= 15 is 0 Å². The Kier molecular flexibility index (Phi) is 7.92. The van der Waals surface area contributed by atoms with Crippen molar-refractivity contribution >= 4 is 36.0 Å². The summed E-state index contributed by atoms with van der Waals surface area (Å²) in [4.78, 5) is 0. The zero-order valence-corrected chi connectivity index (χ0v) is 21.6. The van der Waals surface area contributed by atoms with Gasteiger partial charge in [-0.3, -0.25) is 9.34 Å². The Hall–Kier alpha value is -0.350. The van der Waals surface area contributed by atoms with Gasteiger partial charge in [0.05, 0.1) is 0 Å². The Balaban J connectivity index is 1.93. The molecule has 1 aliphatic carbocycles. The van der Waals surface area contributed by atoms with E-state index in [2.05, 4.69) is 114 Å². The number of hydrogen-bond donors (Lipinski definition) is 0. The van der Waals surface area contributed by atoms with Crippen LogP contribution in [-0.2, 0) is 0 Å². The monoisotopic (exact) mass is 446 g/mol. The van der Waals surface area contributed by atoms with Crippen LogP contribution < -0.4 is 10.6 Å². The molecule has 3 rings (SSSR count). The molecule has 2 aromatic carbocycles. The summed E-state index contributed by atoms with van der Waals surface area (Å²) in [6, 6.07) is 22.8. The van der Waals surface area contributed by atoms with Crippen molar-refractivity contribution in [3.05, 3.63) is 60.7 Å². The molecule has 4 atom stereocenters. The molecule has 0 amide bonds. The molecule has 158 valence electrons. The van der Waals surface area contributed by atoms with E-state index in [0.717, 1.165) is 8.42 Å². The van der Waals surface area contributed by atoms with Gasteiger partial charge in [0.1, 0.15) is 0 Å². The van der Waals surface area contributed by atoms with Crippen LogP contribution >= 0.6 is 25.4 Å². The second-order valence-electron chi connectivity index (χ2n) is 9.76. The summed E-state index contributed by atoms with van der Waals surface area (Å²) in [5.41, 5.74) is 0.721. The minimum Gasteiger partial charge on any atom is -0.284 e. The van der Waals surface area contributed by atoms with Gasteiger partial charge in [-0.1, -0.05) is 90.4 Å². The van der Waals surface area contributed by atoms with E-state index < -0.39 is 8.07 Å². The summed E-state index contributed by atoms with van der Waals surface area (Å²) in [5, 5.41) is 2.90. The van der Waals surface area contributed by atoms with Crippen molar-refractivity contribution in [1.82, 2.24) is 9.34 Å². The van der Waals surface area contributed by atoms with Crippen LogP contribution in [0.2, 0.25) is 0 Å². The highest BCUT2D eigenvalue weighted by molar-refractivity contribution is 8.01. The number of rotatable bonds is 7. The van der Waals surface area contributed by atoms with E-state index in [0.29, 0.717) is 16.9 Å². The number of hydrogen-bond acceptors (Lipinski definition) is 2. The molecule has 0 radical (unpaired) electrons. The molecule has 5 heteroatoms. The Labute approximate surface area is 183 Å². The first-order valence-corrected chi connectivity index (χ1v) is 14.6. The molecule has 2 aromatic rings. The average Bonchev–Trinajstić information content (AvgIpc) is 2.68. The molecule has 4 unspecified atom stereocenters. The minimum absolute atomic E-state index is 0.355. The van der Waals surface area contributed by atoms with E-state index in [1.165, 1.54) is 36.4 Å². The summed E-state index contributed by atoms with van der Waals surface area (Å²) < 4.78 is 5.21. The molecular formula is C24H37N2P3. The molecule has 29 heavy (non-hydrogen) atoms. The van der Waals surface area contributed by atoms with Crippen LogP contribution in [0, 0.1) is 10.8 Å². The lowest BCUT2D eigenvalue weighted by molar-refractivity contribution is 0.0428. The maximum Gasteiger partial charge on any atom is 0.0281 e. The molecule has 1 saturated carbocycles. The molecule has 2 nitrogen and oxygen atoms in total. The lowest BCUT2D eigenvalue weighted by Crippen LogP contribution is -2.48. The van der Waals surface area contributed by atoms with Gasteiger partial charge >= 0.3 is 0 Å². The van der Waals surface area contributed by atoms with Crippen molar-refractivity contribution in [2.75, 3.05) is 20.6 Å². The van der Waals surface area contributed by atoms with Crippen molar-refractivity contribution in [2.45, 2.75) is 46.1 Å². The van der Waals surface area contributed by atoms with Crippen LogP contribution in [-0.4, -0.2) is 36.0 Å². The molecule has 0 aliphatic heterocycles. The van der Waals surface area contributed by atoms with E-state index in [9.17, 15) is 0 Å². The van der Waals surface area contributed by atoms with Gasteiger partial charge in [-0.2, -0.15) is 0 Å². The fourth-order valence-electron chi connectivity index (χ4n) is 5.40. The van der Waals surface area contributed by atoms with Crippen LogP contribution in [0.4, 0.5) is 0 Å². The third-order valence-electron chi connectivity index (χ3n) is 6.11. The Bertz CT molecular complexity index is 729. The Morgan fingerprint density at radius 3 is 1.93 bits per heavy atom. The molecule has 1 fully saturated rings. The van der Waals surface area contributed by atoms with Crippen molar-refractivity contribution in [3.8, 4) is 0 Å². The smallest absolute Gasteiger partial charge is 0.0281 e. The number of nitrogens with zero attached hydrogens (tertiary/aromatic N) is 2. The standard InChI is InChI=1S/C24H37N2P3/c1-23(2)16-20(17-24(3,18-23)19-25(4)28-27)26(5)29(21-12-8-6-9-13-21)22-14-10-7-11-15-22/h6-15,20,28H,16-19,27H2,1-5H3. The summed E-state index contributed by atoms with van der Waals surface area (Å²) in [7, 11) is 7.81. The fourth-order valence-corrected chi connectivity index (χ4v) is 8.57.